The lowest BCUT2D eigenvalue weighted by Crippen LogP contribution is -2.40. The van der Waals surface area contributed by atoms with Crippen LogP contribution in [0.25, 0.3) is 0 Å². The van der Waals surface area contributed by atoms with Gasteiger partial charge in [0.05, 0.1) is 58.7 Å². The minimum absolute atomic E-state index is 0.0639. The molecule has 0 fully saturated rings. The summed E-state index contributed by atoms with van der Waals surface area (Å²) in [5, 5.41) is 18.0. The van der Waals surface area contributed by atoms with Crippen LogP contribution in [0.3, 0.4) is 0 Å². The highest BCUT2D eigenvalue weighted by Crippen LogP contribution is 2.63. The van der Waals surface area contributed by atoms with Gasteiger partial charge < -0.3 is 32.9 Å². The minimum Gasteiger partial charge on any atom is -0.413 e. The highest BCUT2D eigenvalue weighted by Gasteiger charge is 2.38. The lowest BCUT2D eigenvalue weighted by molar-refractivity contribution is 0.0985. The largest absolute Gasteiger partial charge is 0.413 e. The van der Waals surface area contributed by atoms with Crippen LogP contribution in [0.4, 0.5) is 0 Å². The number of carbonyl (C=O) groups excluding carboxylic acids is 1. The van der Waals surface area contributed by atoms with Crippen molar-refractivity contribution in [1.29, 1.82) is 0 Å². The quantitative estimate of drug-likeness (QED) is 0.0739. The van der Waals surface area contributed by atoms with Gasteiger partial charge in [-0.2, -0.15) is 0 Å². The molecule has 1 rings (SSSR count). The molecule has 1 atom stereocenters. The van der Waals surface area contributed by atoms with Crippen molar-refractivity contribution in [2.45, 2.75) is 75.3 Å². The zero-order valence-corrected chi connectivity index (χ0v) is 35.6. The van der Waals surface area contributed by atoms with Gasteiger partial charge in [-0.25, -0.2) is 0 Å². The second-order valence-corrected chi connectivity index (χ2v) is 34.9. The third-order valence-electron chi connectivity index (χ3n) is 8.51. The molecule has 0 amide bonds. The molecule has 0 bridgehead atoms. The van der Waals surface area contributed by atoms with E-state index in [2.05, 4.69) is 40.4 Å². The predicted molar refractivity (Wildman–Crippen MR) is 208 cm³/mol. The van der Waals surface area contributed by atoms with Gasteiger partial charge >= 0.3 is 0 Å². The number of ketones is 1. The summed E-state index contributed by atoms with van der Waals surface area (Å²) in [5.41, 5.74) is 2.15. The lowest BCUT2D eigenvalue weighted by atomic mass is 10.1. The van der Waals surface area contributed by atoms with E-state index in [1.54, 1.807) is 77.6 Å². The molecule has 0 aliphatic heterocycles. The molecule has 1 aromatic rings. The van der Waals surface area contributed by atoms with Crippen molar-refractivity contribution in [2.75, 3.05) is 59.9 Å². The summed E-state index contributed by atoms with van der Waals surface area (Å²) in [5.74, 6) is -0.107. The number of carbonyl (C=O) groups is 1. The van der Waals surface area contributed by atoms with Crippen LogP contribution in [0.1, 0.15) is 49.5 Å². The van der Waals surface area contributed by atoms with E-state index in [0.717, 1.165) is 5.56 Å². The summed E-state index contributed by atoms with van der Waals surface area (Å²) < 4.78 is 55.8. The monoisotopic (exact) mass is 750 g/mol. The van der Waals surface area contributed by atoms with E-state index in [1.807, 2.05) is 12.1 Å². The fourth-order valence-corrected chi connectivity index (χ4v) is 19.0. The second-order valence-electron chi connectivity index (χ2n) is 15.3. The third-order valence-corrected chi connectivity index (χ3v) is 26.2. The van der Waals surface area contributed by atoms with Crippen LogP contribution < -0.4 is 0 Å². The first-order valence-electron chi connectivity index (χ1n) is 15.7. The van der Waals surface area contributed by atoms with Crippen LogP contribution in [-0.4, -0.2) is 101 Å². The second kappa shape index (κ2) is 18.4. The third kappa shape index (κ3) is 16.6. The molecule has 270 valence electrons. The van der Waals surface area contributed by atoms with E-state index < -0.39 is 53.8 Å². The Morgan fingerprint density at radius 3 is 1.68 bits per heavy atom. The van der Waals surface area contributed by atoms with Crippen molar-refractivity contribution < 1.29 is 37.7 Å². The number of rotatable bonds is 16. The van der Waals surface area contributed by atoms with Crippen molar-refractivity contribution in [3.63, 3.8) is 0 Å². The molecule has 0 radical (unpaired) electrons. The Morgan fingerprint density at radius 1 is 0.872 bits per heavy atom. The predicted octanol–water partition coefficient (Wildman–Crippen LogP) is 9.32. The molecule has 1 unspecified atom stereocenters. The highest BCUT2D eigenvalue weighted by atomic mass is 31.2. The van der Waals surface area contributed by atoms with Gasteiger partial charge in [-0.1, -0.05) is 75.9 Å². The topological polar surface area (TPSA) is 135 Å². The molecule has 0 aliphatic rings. The number of Topliss-reactive ketones (excluding diaryl/α,β-unsaturated/α-hetero) is 1. The maximum atomic E-state index is 12.6. The molecule has 13 heteroatoms. The molecule has 0 heterocycles. The van der Waals surface area contributed by atoms with E-state index in [-0.39, 0.29) is 30.3 Å². The first kappa shape index (κ1) is 46.1. The van der Waals surface area contributed by atoms with Gasteiger partial charge in [0.1, 0.15) is 0 Å². The summed E-state index contributed by atoms with van der Waals surface area (Å²) in [6.07, 6.45) is 5.66. The molecular weight excluding hydrogens is 688 g/mol. The van der Waals surface area contributed by atoms with E-state index in [4.69, 9.17) is 9.53 Å². The molecule has 47 heavy (non-hydrogen) atoms. The number of hydrogen-bond donors (Lipinski definition) is 2. The maximum absolute atomic E-state index is 12.6. The molecule has 0 aromatic heterocycles. The molecule has 2 N–H and O–H groups in total. The average molecular weight is 751 g/mol. The van der Waals surface area contributed by atoms with Gasteiger partial charge in [0.15, 0.2) is 14.1 Å². The van der Waals surface area contributed by atoms with Crippen molar-refractivity contribution in [3.05, 3.63) is 71.8 Å². The first-order valence-corrected chi connectivity index (χ1v) is 29.3. The van der Waals surface area contributed by atoms with Crippen LogP contribution in [0.2, 0.25) is 18.1 Å². The molecule has 0 saturated heterocycles. The van der Waals surface area contributed by atoms with Crippen LogP contribution in [0.5, 0.6) is 0 Å². The Labute approximate surface area is 286 Å². The van der Waals surface area contributed by atoms with Gasteiger partial charge in [0.25, 0.3) is 0 Å². The van der Waals surface area contributed by atoms with Crippen molar-refractivity contribution in [2.24, 2.45) is 0 Å². The molecule has 0 aliphatic carbocycles. The number of aliphatic hydroxyl groups excluding tert-OH is 2. The van der Waals surface area contributed by atoms with Crippen LogP contribution in [0.15, 0.2) is 60.7 Å². The summed E-state index contributed by atoms with van der Waals surface area (Å²) in [4.78, 5) is 12.6. The summed E-state index contributed by atoms with van der Waals surface area (Å²) in [6.45, 7) is 28.0. The van der Waals surface area contributed by atoms with E-state index >= 15 is 0 Å². The maximum Gasteiger partial charge on any atom is 0.192 e. The molecule has 0 spiro atoms. The minimum atomic E-state index is -2.63. The van der Waals surface area contributed by atoms with Crippen molar-refractivity contribution >= 4 is 42.7 Å². The Bertz CT molecular complexity index is 1390. The van der Waals surface area contributed by atoms with E-state index in [9.17, 15) is 28.2 Å². The highest BCUT2D eigenvalue weighted by molar-refractivity contribution is 7.81. The SMILES string of the molecule is C=C/C(=C\C=C\CO)C(O)CC(P(C)(C)=O)P(C)(C)=O.CC(C)(C)[Si](C)(C)OCc1ccc(C(=O)CC(P(C)(C)=O)P(C)(C)=O)cc1. The first-order chi connectivity index (χ1) is 21.0. The Kier molecular flexibility index (Phi) is 18.0. The van der Waals surface area contributed by atoms with Gasteiger partial charge in [0.2, 0.25) is 0 Å². The van der Waals surface area contributed by atoms with Crippen LogP contribution in [-0.2, 0) is 29.3 Å². The number of benzene rings is 1. The lowest BCUT2D eigenvalue weighted by Gasteiger charge is -2.36. The normalized spacial score (nSPS) is 14.7. The number of aliphatic hydroxyl groups is 2. The van der Waals surface area contributed by atoms with Crippen molar-refractivity contribution in [3.8, 4) is 0 Å². The Hall–Kier alpha value is -0.873. The zero-order valence-electron chi connectivity index (χ0n) is 31.0. The van der Waals surface area contributed by atoms with Crippen LogP contribution >= 0.6 is 28.6 Å². The number of hydrogen-bond acceptors (Lipinski definition) is 8. The number of allylic oxidation sites excluding steroid dienone is 2. The molecule has 8 nitrogen and oxygen atoms in total. The average Bonchev–Trinajstić information content (AvgIpc) is 2.89. The standard InChI is InChI=1S/C20H36O4P2Si.C14H26O4P2/c1-20(2,3)27(8,9)24-15-16-10-12-17(13-11-16)18(21)14-19(25(4,5)22)26(6,7)23;1-6-12(9-7-8-10-15)13(16)11-14(19(2,3)17)20(4,5)18/h10-13,19H,14-15H2,1-9H3;6-9,13-16H,1,10-11H2,2-5H3/b;8-7+,12-9+. The molecular formula is C34H62O8P4Si. The molecule has 1 aromatic carbocycles. The zero-order chi connectivity index (χ0) is 37.2. The smallest absolute Gasteiger partial charge is 0.192 e. The van der Waals surface area contributed by atoms with Crippen LogP contribution in [0, 0.1) is 0 Å². The van der Waals surface area contributed by atoms with Gasteiger partial charge in [0, 0.05) is 12.0 Å². The van der Waals surface area contributed by atoms with Gasteiger partial charge in [-0.3, -0.25) is 4.79 Å². The van der Waals surface area contributed by atoms with Gasteiger partial charge in [-0.15, -0.1) is 0 Å². The Morgan fingerprint density at radius 2 is 1.32 bits per heavy atom. The van der Waals surface area contributed by atoms with E-state index in [0.29, 0.717) is 17.7 Å². The van der Waals surface area contributed by atoms with Gasteiger partial charge in [-0.05, 0) is 89.0 Å². The Balaban J connectivity index is 0.000000945. The fraction of sp³-hybridized carbons (Fsp3) is 0.618. The summed E-state index contributed by atoms with van der Waals surface area (Å²) in [7, 11) is -12.2. The molecule has 0 saturated carbocycles. The summed E-state index contributed by atoms with van der Waals surface area (Å²) in [6, 6.07) is 7.39. The van der Waals surface area contributed by atoms with E-state index in [1.165, 1.54) is 12.2 Å². The van der Waals surface area contributed by atoms with Crippen molar-refractivity contribution in [1.82, 2.24) is 0 Å². The fourth-order valence-electron chi connectivity index (χ4n) is 4.73. The summed E-state index contributed by atoms with van der Waals surface area (Å²) >= 11 is 0.